The van der Waals surface area contributed by atoms with E-state index < -0.39 is 142 Å². The molecule has 4 rings (SSSR count). The summed E-state index contributed by atoms with van der Waals surface area (Å²) in [5.74, 6) is -4.59. The third-order valence-electron chi connectivity index (χ3n) is 12.5. The van der Waals surface area contributed by atoms with Crippen LogP contribution in [-0.2, 0) is 49.4 Å². The molecule has 1 atom stereocenters. The molecule has 29 heteroatoms. The molecule has 0 saturated heterocycles. The van der Waals surface area contributed by atoms with Crippen LogP contribution in [0.1, 0.15) is 148 Å². The summed E-state index contributed by atoms with van der Waals surface area (Å²) in [6.07, 6.45) is -36.6. The summed E-state index contributed by atoms with van der Waals surface area (Å²) in [6, 6.07) is -0.253. The average molecular weight is 1180 g/mol. The Hall–Kier alpha value is -5.38. The van der Waals surface area contributed by atoms with Crippen LogP contribution < -0.4 is 14.0 Å². The molecule has 0 heterocycles. The molecule has 79 heavy (non-hydrogen) atoms. The fourth-order valence-electron chi connectivity index (χ4n) is 8.32. The van der Waals surface area contributed by atoms with Gasteiger partial charge in [0, 0.05) is 6.42 Å². The van der Waals surface area contributed by atoms with Crippen molar-refractivity contribution in [2.75, 3.05) is 19.6 Å². The number of alkyl halides is 24. The van der Waals surface area contributed by atoms with Crippen molar-refractivity contribution in [3.05, 3.63) is 123 Å². The van der Waals surface area contributed by atoms with Crippen molar-refractivity contribution < 1.29 is 124 Å². The van der Waals surface area contributed by atoms with Crippen LogP contribution >= 0.6 is 0 Å². The molecule has 0 spiro atoms. The number of quaternary nitrogens is 1. The molecule has 0 aliphatic carbocycles. The highest BCUT2D eigenvalue weighted by molar-refractivity contribution is 6.39. The summed E-state index contributed by atoms with van der Waals surface area (Å²) in [6.45, 7) is 6.86. The average Bonchev–Trinajstić information content (AvgIpc) is 3.31. The Labute approximate surface area is 437 Å². The van der Waals surface area contributed by atoms with Crippen molar-refractivity contribution in [3.8, 4) is 17.2 Å². The molecule has 0 aromatic heterocycles. The first-order valence-electron chi connectivity index (χ1n) is 23.9. The first-order valence-corrected chi connectivity index (χ1v) is 23.9. The van der Waals surface area contributed by atoms with Gasteiger partial charge in [-0.25, -0.2) is 0 Å². The summed E-state index contributed by atoms with van der Waals surface area (Å²) >= 11 is 0. The van der Waals surface area contributed by atoms with Gasteiger partial charge in [0.15, 0.2) is 0 Å². The second kappa shape index (κ2) is 26.5. The summed E-state index contributed by atoms with van der Waals surface area (Å²) in [4.78, 5) is 0. The number of halogens is 24. The van der Waals surface area contributed by atoms with E-state index in [1.54, 1.807) is 26.8 Å². The van der Waals surface area contributed by atoms with E-state index in [-0.39, 0.29) is 79.4 Å². The fourth-order valence-corrected chi connectivity index (χ4v) is 8.32. The molecule has 0 bridgehead atoms. The summed E-state index contributed by atoms with van der Waals surface area (Å²) in [5, 5.41) is 0. The number of hydrogen-bond donors (Lipinski definition) is 0. The van der Waals surface area contributed by atoms with Gasteiger partial charge in [-0.2, -0.15) is 124 Å². The molecule has 0 radical (unpaired) electrons. The van der Waals surface area contributed by atoms with Gasteiger partial charge < -0.3 is 18.4 Å². The third-order valence-corrected chi connectivity index (χ3v) is 12.5. The zero-order valence-electron chi connectivity index (χ0n) is 41.9. The molecular weight excluding hydrogens is 1130 g/mol. The molecule has 0 fully saturated rings. The highest BCUT2D eigenvalue weighted by atomic mass is 19.4. The lowest BCUT2D eigenvalue weighted by Gasteiger charge is -2.44. The summed E-state index contributed by atoms with van der Waals surface area (Å²) in [5.41, 5.74) is -16.1. The Bertz CT molecular complexity index is 2380. The summed E-state index contributed by atoms with van der Waals surface area (Å²) in [7, 11) is -3.27. The Morgan fingerprint density at radius 2 is 0.696 bits per heavy atom. The SMILES string of the molecule is CCCCCCCCCCCC(c1c(OB(Oc2cc(C(F)(F)F)cc(C(F)(F)F)c2)Oc2cc(C(F)(F)F)cc(C(F)(F)F)c2)cc(C(F)(F)F)cc1C(F)(F)F)[N+](CC)(CC)CC.FC(F)(F)c1c[c-]cc(C(F)(F)F)c1. The molecule has 0 saturated carbocycles. The third kappa shape index (κ3) is 20.0. The Morgan fingerprint density at radius 1 is 0.380 bits per heavy atom. The maximum absolute atomic E-state index is 15.2. The van der Waals surface area contributed by atoms with Gasteiger partial charge in [0.1, 0.15) is 23.3 Å². The van der Waals surface area contributed by atoms with Crippen molar-refractivity contribution >= 4 is 7.32 Å². The predicted molar refractivity (Wildman–Crippen MR) is 239 cm³/mol. The molecule has 1 unspecified atom stereocenters. The van der Waals surface area contributed by atoms with Crippen LogP contribution in [-0.4, -0.2) is 31.4 Å². The van der Waals surface area contributed by atoms with Crippen LogP contribution in [0.5, 0.6) is 17.2 Å². The van der Waals surface area contributed by atoms with Crippen LogP contribution in [0.3, 0.4) is 0 Å². The standard InChI is InChI=1S/C42H47BF18NO3.C8H3F6/c1-5-9-10-11-12-13-14-15-16-17-34(62(6-2,7-3)8-4)36-33(42(59,60)61)24-30(41(56,57)58)25-35(36)65-43(63-31-20-26(37(44,45)46)18-27(21-31)38(47,48)49)64-32-22-28(39(50,51)52)19-29(23-32)40(53,54)55;9-7(10,11)5-2-1-3-6(4-5)8(12,13)14/h18-25,34H,5-17H2,1-4H3;2-4H/q+1;-1. The number of hydrogen-bond acceptors (Lipinski definition) is 3. The van der Waals surface area contributed by atoms with Gasteiger partial charge in [-0.1, -0.05) is 69.4 Å². The molecule has 4 aromatic carbocycles. The smallest absolute Gasteiger partial charge is 0.490 e. The minimum Gasteiger partial charge on any atom is -0.490 e. The minimum absolute atomic E-state index is 0.00378. The van der Waals surface area contributed by atoms with Crippen molar-refractivity contribution in [2.45, 2.75) is 147 Å². The van der Waals surface area contributed by atoms with E-state index in [1.807, 2.05) is 6.92 Å². The van der Waals surface area contributed by atoms with E-state index in [4.69, 9.17) is 14.0 Å². The lowest BCUT2D eigenvalue weighted by Crippen LogP contribution is -2.51. The van der Waals surface area contributed by atoms with Crippen LogP contribution in [0.4, 0.5) is 105 Å². The highest BCUT2D eigenvalue weighted by Crippen LogP contribution is 2.49. The largest absolute Gasteiger partial charge is 0.864 e. The molecule has 0 amide bonds. The molecule has 0 aliphatic rings. The predicted octanol–water partition coefficient (Wildman–Crippen LogP) is 19.7. The fraction of sp³-hybridized carbons (Fsp3) is 0.520. The Balaban J connectivity index is 0.00000101. The second-order valence-corrected chi connectivity index (χ2v) is 17.9. The van der Waals surface area contributed by atoms with Gasteiger partial charge in [0.2, 0.25) is 0 Å². The maximum atomic E-state index is 15.2. The van der Waals surface area contributed by atoms with E-state index in [9.17, 15) is 92.2 Å². The minimum atomic E-state index is -5.64. The quantitative estimate of drug-likeness (QED) is 0.0274. The lowest BCUT2D eigenvalue weighted by molar-refractivity contribution is -0.953. The monoisotopic (exact) mass is 1180 g/mol. The van der Waals surface area contributed by atoms with Crippen molar-refractivity contribution in [1.29, 1.82) is 0 Å². The van der Waals surface area contributed by atoms with Crippen LogP contribution in [0.2, 0.25) is 0 Å². The van der Waals surface area contributed by atoms with Crippen LogP contribution in [0, 0.1) is 6.07 Å². The van der Waals surface area contributed by atoms with Gasteiger partial charge in [-0.3, -0.25) is 0 Å². The van der Waals surface area contributed by atoms with E-state index in [0.717, 1.165) is 38.5 Å². The zero-order chi connectivity index (χ0) is 60.4. The topological polar surface area (TPSA) is 27.7 Å². The molecule has 4 aromatic rings. The van der Waals surface area contributed by atoms with E-state index in [0.29, 0.717) is 25.0 Å². The van der Waals surface area contributed by atoms with Crippen molar-refractivity contribution in [1.82, 2.24) is 0 Å². The second-order valence-electron chi connectivity index (χ2n) is 17.9. The van der Waals surface area contributed by atoms with Crippen molar-refractivity contribution in [3.63, 3.8) is 0 Å². The van der Waals surface area contributed by atoms with E-state index >= 15 is 13.2 Å². The number of unbranched alkanes of at least 4 members (excludes halogenated alkanes) is 8. The molecule has 0 aliphatic heterocycles. The first-order chi connectivity index (χ1) is 36.0. The normalized spacial score (nSPS) is 13.7. The van der Waals surface area contributed by atoms with E-state index in [1.165, 1.54) is 0 Å². The Morgan fingerprint density at radius 3 is 1.01 bits per heavy atom. The van der Waals surface area contributed by atoms with Crippen LogP contribution in [0.15, 0.2) is 66.7 Å². The Kier molecular flexibility index (Phi) is 22.8. The zero-order valence-corrected chi connectivity index (χ0v) is 41.9. The first kappa shape index (κ1) is 67.9. The van der Waals surface area contributed by atoms with Crippen LogP contribution in [0.25, 0.3) is 0 Å². The molecular formula is C50H50BF24NO3. The highest BCUT2D eigenvalue weighted by Gasteiger charge is 2.48. The van der Waals surface area contributed by atoms with Gasteiger partial charge in [-0.05, 0) is 75.7 Å². The van der Waals surface area contributed by atoms with Gasteiger partial charge in [-0.15, -0.1) is 6.07 Å². The summed E-state index contributed by atoms with van der Waals surface area (Å²) < 4.78 is 343. The van der Waals surface area contributed by atoms with Gasteiger partial charge >= 0.3 is 56.7 Å². The van der Waals surface area contributed by atoms with Gasteiger partial charge in [0.05, 0.1) is 58.6 Å². The number of nitrogens with zero attached hydrogens (tertiary/aromatic N) is 1. The van der Waals surface area contributed by atoms with Gasteiger partial charge in [0.25, 0.3) is 0 Å². The van der Waals surface area contributed by atoms with E-state index in [2.05, 4.69) is 0 Å². The lowest BCUT2D eigenvalue weighted by atomic mass is 9.89. The maximum Gasteiger partial charge on any atom is 0.864 e. The molecule has 4 nitrogen and oxygen atoms in total. The molecule has 444 valence electrons. The molecule has 0 N–H and O–H groups in total. The number of rotatable bonds is 21. The van der Waals surface area contributed by atoms with Crippen molar-refractivity contribution in [2.24, 2.45) is 0 Å². The number of benzene rings is 4.